The predicted octanol–water partition coefficient (Wildman–Crippen LogP) is 4.26. The first-order valence-electron chi connectivity index (χ1n) is 10.1. The lowest BCUT2D eigenvalue weighted by Crippen LogP contribution is -2.31. The summed E-state index contributed by atoms with van der Waals surface area (Å²) < 4.78 is 27.2. The third-order valence-electron chi connectivity index (χ3n) is 5.34. The van der Waals surface area contributed by atoms with Crippen molar-refractivity contribution < 1.29 is 13.2 Å². The number of hydrogen-bond acceptors (Lipinski definition) is 4. The summed E-state index contributed by atoms with van der Waals surface area (Å²) in [5, 5.41) is 3.48. The van der Waals surface area contributed by atoms with E-state index in [9.17, 15) is 13.2 Å². The Morgan fingerprint density at radius 1 is 0.963 bits per heavy atom. The molecule has 1 aromatic rings. The normalized spacial score (nSPS) is 20.1. The van der Waals surface area contributed by atoms with Gasteiger partial charge >= 0.3 is 0 Å². The van der Waals surface area contributed by atoms with E-state index in [1.807, 2.05) is 0 Å². The van der Waals surface area contributed by atoms with Crippen LogP contribution in [0.25, 0.3) is 0 Å². The van der Waals surface area contributed by atoms with Crippen LogP contribution in [0, 0.1) is 0 Å². The van der Waals surface area contributed by atoms with E-state index in [-0.39, 0.29) is 5.91 Å². The van der Waals surface area contributed by atoms with Gasteiger partial charge in [0, 0.05) is 24.0 Å². The molecule has 1 amide bonds. The van der Waals surface area contributed by atoms with Gasteiger partial charge in [0.05, 0.1) is 10.6 Å². The van der Waals surface area contributed by atoms with Crippen molar-refractivity contribution in [1.82, 2.24) is 4.31 Å². The van der Waals surface area contributed by atoms with Gasteiger partial charge in [-0.1, -0.05) is 32.1 Å². The van der Waals surface area contributed by atoms with Crippen molar-refractivity contribution in [3.63, 3.8) is 0 Å². The van der Waals surface area contributed by atoms with Gasteiger partial charge in [-0.15, -0.1) is 11.8 Å². The molecule has 0 aromatic heterocycles. The van der Waals surface area contributed by atoms with E-state index in [1.165, 1.54) is 32.1 Å². The molecule has 1 aromatic carbocycles. The molecule has 0 spiro atoms. The molecule has 27 heavy (non-hydrogen) atoms. The largest absolute Gasteiger partial charge is 0.325 e. The first-order valence-corrected chi connectivity index (χ1v) is 12.6. The van der Waals surface area contributed by atoms with Crippen molar-refractivity contribution in [1.29, 1.82) is 0 Å². The summed E-state index contributed by atoms with van der Waals surface area (Å²) in [4.78, 5) is 12.5. The maximum absolute atomic E-state index is 12.8. The number of sulfonamides is 1. The van der Waals surface area contributed by atoms with Crippen molar-refractivity contribution in [2.24, 2.45) is 0 Å². The van der Waals surface area contributed by atoms with E-state index < -0.39 is 10.0 Å². The maximum atomic E-state index is 12.8. The summed E-state index contributed by atoms with van der Waals surface area (Å²) in [6, 6.07) is 6.58. The number of carbonyl (C=O) groups excluding carboxylic acids is 1. The van der Waals surface area contributed by atoms with Crippen molar-refractivity contribution in [3.05, 3.63) is 24.3 Å². The van der Waals surface area contributed by atoms with Crippen LogP contribution in [0.4, 0.5) is 5.69 Å². The van der Waals surface area contributed by atoms with Crippen LogP contribution in [0.2, 0.25) is 0 Å². The molecule has 2 aliphatic rings. The van der Waals surface area contributed by atoms with Gasteiger partial charge in [0.1, 0.15) is 0 Å². The number of hydrogen-bond donors (Lipinski definition) is 1. The summed E-state index contributed by atoms with van der Waals surface area (Å²) in [7, 11) is -3.44. The van der Waals surface area contributed by atoms with Crippen LogP contribution in [0.5, 0.6) is 0 Å². The summed E-state index contributed by atoms with van der Waals surface area (Å²) in [6.45, 7) is 1.19. The molecular formula is C20H30N2O3S2. The number of thioether (sulfide) groups is 1. The van der Waals surface area contributed by atoms with E-state index in [0.29, 0.717) is 34.7 Å². The lowest BCUT2D eigenvalue weighted by Gasteiger charge is -2.21. The van der Waals surface area contributed by atoms with Gasteiger partial charge in [-0.25, -0.2) is 8.42 Å². The van der Waals surface area contributed by atoms with Crippen molar-refractivity contribution in [2.75, 3.05) is 24.2 Å². The highest BCUT2D eigenvalue weighted by Gasteiger charge is 2.25. The molecule has 1 saturated carbocycles. The topological polar surface area (TPSA) is 66.5 Å². The molecule has 0 atom stereocenters. The number of anilines is 1. The smallest absolute Gasteiger partial charge is 0.243 e. The van der Waals surface area contributed by atoms with Crippen LogP contribution in [0.3, 0.4) is 0 Å². The first kappa shape index (κ1) is 20.7. The van der Waals surface area contributed by atoms with Gasteiger partial charge in [-0.05, 0) is 49.9 Å². The Bertz CT molecular complexity index is 705. The molecule has 7 heteroatoms. The summed E-state index contributed by atoms with van der Waals surface area (Å²) >= 11 is 1.74. The summed E-state index contributed by atoms with van der Waals surface area (Å²) in [6.07, 6.45) is 10.3. The average Bonchev–Trinajstić information content (AvgIpc) is 2.98. The Morgan fingerprint density at radius 2 is 1.56 bits per heavy atom. The van der Waals surface area contributed by atoms with Crippen LogP contribution in [0.15, 0.2) is 29.2 Å². The molecular weight excluding hydrogens is 380 g/mol. The van der Waals surface area contributed by atoms with Gasteiger partial charge in [-0.2, -0.15) is 4.31 Å². The highest BCUT2D eigenvalue weighted by Crippen LogP contribution is 2.28. The summed E-state index contributed by atoms with van der Waals surface area (Å²) in [5.41, 5.74) is 0.652. The lowest BCUT2D eigenvalue weighted by atomic mass is 10.0. The number of rotatable bonds is 6. The molecule has 1 saturated heterocycles. The maximum Gasteiger partial charge on any atom is 0.243 e. The Labute approximate surface area is 167 Å². The van der Waals surface area contributed by atoms with E-state index in [4.69, 9.17) is 0 Å². The molecule has 0 unspecified atom stereocenters. The Hall–Kier alpha value is -1.05. The second-order valence-corrected chi connectivity index (χ2v) is 10.7. The van der Waals surface area contributed by atoms with Crippen LogP contribution in [-0.2, 0) is 14.8 Å². The zero-order valence-corrected chi connectivity index (χ0v) is 17.5. The minimum absolute atomic E-state index is 0.0197. The van der Waals surface area contributed by atoms with Gasteiger partial charge in [0.15, 0.2) is 0 Å². The van der Waals surface area contributed by atoms with Gasteiger partial charge in [0.25, 0.3) is 0 Å². The molecule has 5 nitrogen and oxygen atoms in total. The monoisotopic (exact) mass is 410 g/mol. The molecule has 1 aliphatic carbocycles. The van der Waals surface area contributed by atoms with E-state index in [0.717, 1.165) is 25.7 Å². The van der Waals surface area contributed by atoms with Crippen LogP contribution in [0.1, 0.15) is 57.8 Å². The zero-order valence-electron chi connectivity index (χ0n) is 15.9. The van der Waals surface area contributed by atoms with Crippen molar-refractivity contribution in [2.45, 2.75) is 67.9 Å². The Balaban J connectivity index is 1.53. The van der Waals surface area contributed by atoms with Gasteiger partial charge in [-0.3, -0.25) is 4.79 Å². The lowest BCUT2D eigenvalue weighted by molar-refractivity contribution is -0.113. The fourth-order valence-electron chi connectivity index (χ4n) is 3.76. The van der Waals surface area contributed by atoms with Crippen molar-refractivity contribution >= 4 is 33.4 Å². The van der Waals surface area contributed by atoms with E-state index in [1.54, 1.807) is 40.3 Å². The second kappa shape index (κ2) is 9.94. The molecule has 2 fully saturated rings. The van der Waals surface area contributed by atoms with Gasteiger partial charge < -0.3 is 5.32 Å². The van der Waals surface area contributed by atoms with Crippen LogP contribution >= 0.6 is 11.8 Å². The number of carbonyl (C=O) groups is 1. The minimum atomic E-state index is -3.44. The highest BCUT2D eigenvalue weighted by molar-refractivity contribution is 8.00. The highest BCUT2D eigenvalue weighted by atomic mass is 32.2. The first-order chi connectivity index (χ1) is 13.1. The van der Waals surface area contributed by atoms with Crippen molar-refractivity contribution in [3.8, 4) is 0 Å². The third-order valence-corrected chi connectivity index (χ3v) is 8.63. The fourth-order valence-corrected chi connectivity index (χ4v) is 6.41. The SMILES string of the molecule is O=C(CSC1CCCCC1)Nc1ccc(S(=O)(=O)N2CCCCCC2)cc1. The number of nitrogens with one attached hydrogen (secondary N) is 1. The standard InChI is InChI=1S/C20H30N2O3S2/c23-20(16-26-18-8-4-3-5-9-18)21-17-10-12-19(13-11-17)27(24,25)22-14-6-1-2-7-15-22/h10-13,18H,1-9,14-16H2,(H,21,23). The zero-order chi connectivity index (χ0) is 19.1. The Morgan fingerprint density at radius 3 is 2.19 bits per heavy atom. The fraction of sp³-hybridized carbons (Fsp3) is 0.650. The molecule has 1 N–H and O–H groups in total. The quantitative estimate of drug-likeness (QED) is 0.761. The third kappa shape index (κ3) is 5.96. The molecule has 150 valence electrons. The van der Waals surface area contributed by atoms with Gasteiger partial charge in [0.2, 0.25) is 15.9 Å². The predicted molar refractivity (Wildman–Crippen MR) is 112 cm³/mol. The van der Waals surface area contributed by atoms with Crippen LogP contribution < -0.4 is 5.32 Å². The molecule has 0 bridgehead atoms. The second-order valence-electron chi connectivity index (χ2n) is 7.46. The van der Waals surface area contributed by atoms with E-state index in [2.05, 4.69) is 5.32 Å². The molecule has 0 radical (unpaired) electrons. The average molecular weight is 411 g/mol. The van der Waals surface area contributed by atoms with E-state index >= 15 is 0 Å². The number of benzene rings is 1. The van der Waals surface area contributed by atoms with Crippen LogP contribution in [-0.4, -0.2) is 42.7 Å². The minimum Gasteiger partial charge on any atom is -0.325 e. The number of amides is 1. The molecule has 1 heterocycles. The number of nitrogens with zero attached hydrogens (tertiary/aromatic N) is 1. The molecule has 3 rings (SSSR count). The molecule has 1 aliphatic heterocycles. The summed E-state index contributed by atoms with van der Waals surface area (Å²) in [5.74, 6) is 0.437. The Kier molecular flexibility index (Phi) is 7.61.